The minimum absolute atomic E-state index is 0.0564. The molecule has 1 amide bonds. The minimum Gasteiger partial charge on any atom is -0.394 e. The Morgan fingerprint density at radius 1 is 0.404 bits per heavy atom. The number of amides is 1. The van der Waals surface area contributed by atoms with Gasteiger partial charge in [0.05, 0.1) is 18.8 Å². The highest BCUT2D eigenvalue weighted by Crippen LogP contribution is 2.17. The van der Waals surface area contributed by atoms with E-state index in [0.29, 0.717) is 6.42 Å². The average Bonchev–Trinajstić information content (AvgIpc) is 3.22. The Morgan fingerprint density at radius 3 is 0.912 bits per heavy atom. The Kier molecular flexibility index (Phi) is 48.7. The van der Waals surface area contributed by atoms with Gasteiger partial charge in [-0.1, -0.05) is 289 Å². The molecule has 3 N–H and O–H groups in total. The van der Waals surface area contributed by atoms with Crippen molar-refractivity contribution in [3.63, 3.8) is 0 Å². The Morgan fingerprint density at radius 2 is 0.649 bits per heavy atom. The smallest absolute Gasteiger partial charge is 0.220 e. The molecule has 0 rings (SSSR count). The Balaban J connectivity index is 3.46. The van der Waals surface area contributed by atoms with Crippen LogP contribution in [0.5, 0.6) is 0 Å². The van der Waals surface area contributed by atoms with E-state index in [-0.39, 0.29) is 12.5 Å². The number of rotatable bonds is 49. The van der Waals surface area contributed by atoms with E-state index in [1.165, 1.54) is 257 Å². The van der Waals surface area contributed by atoms with E-state index in [4.69, 9.17) is 0 Å². The maximum absolute atomic E-state index is 12.4. The number of hydrogen-bond donors (Lipinski definition) is 3. The van der Waals surface area contributed by atoms with Gasteiger partial charge in [-0.05, 0) is 19.3 Å². The van der Waals surface area contributed by atoms with Crippen LogP contribution in [0.15, 0.2) is 12.2 Å². The fourth-order valence-corrected chi connectivity index (χ4v) is 8.48. The first kappa shape index (κ1) is 56.1. The van der Waals surface area contributed by atoms with Crippen molar-refractivity contribution in [3.05, 3.63) is 12.2 Å². The van der Waals surface area contributed by atoms with E-state index in [0.717, 1.165) is 25.7 Å². The van der Waals surface area contributed by atoms with Crippen molar-refractivity contribution < 1.29 is 15.0 Å². The third kappa shape index (κ3) is 46.1. The molecule has 340 valence electrons. The fourth-order valence-electron chi connectivity index (χ4n) is 8.48. The van der Waals surface area contributed by atoms with Gasteiger partial charge < -0.3 is 15.5 Å². The van der Waals surface area contributed by atoms with Crippen LogP contribution in [0, 0.1) is 0 Å². The number of nitrogens with one attached hydrogen (secondary N) is 1. The molecule has 0 aliphatic heterocycles. The highest BCUT2D eigenvalue weighted by Gasteiger charge is 2.18. The number of aliphatic hydroxyl groups is 2. The summed E-state index contributed by atoms with van der Waals surface area (Å²) in [5, 5.41) is 23.1. The zero-order valence-electron chi connectivity index (χ0n) is 39.1. The molecule has 0 aromatic heterocycles. The van der Waals surface area contributed by atoms with Crippen molar-refractivity contribution in [1.29, 1.82) is 0 Å². The summed E-state index contributed by atoms with van der Waals surface area (Å²) >= 11 is 0. The molecule has 0 saturated carbocycles. The second-order valence-electron chi connectivity index (χ2n) is 18.3. The van der Waals surface area contributed by atoms with E-state index in [9.17, 15) is 15.0 Å². The molecule has 57 heavy (non-hydrogen) atoms. The summed E-state index contributed by atoms with van der Waals surface area (Å²) in [5.74, 6) is -0.0564. The van der Waals surface area contributed by atoms with E-state index < -0.39 is 12.1 Å². The Bertz CT molecular complexity index is 784. The molecule has 0 aromatic carbocycles. The summed E-state index contributed by atoms with van der Waals surface area (Å²) in [7, 11) is 0. The van der Waals surface area contributed by atoms with Crippen molar-refractivity contribution in [1.82, 2.24) is 5.32 Å². The third-order valence-electron chi connectivity index (χ3n) is 12.5. The number of hydrogen-bond acceptors (Lipinski definition) is 3. The molecule has 0 spiro atoms. The summed E-state index contributed by atoms with van der Waals surface area (Å²) in [6.07, 6.45) is 63.6. The zero-order valence-corrected chi connectivity index (χ0v) is 39.1. The van der Waals surface area contributed by atoms with Crippen LogP contribution in [-0.4, -0.2) is 34.9 Å². The van der Waals surface area contributed by atoms with Crippen molar-refractivity contribution in [2.75, 3.05) is 6.61 Å². The summed E-state index contributed by atoms with van der Waals surface area (Å²) in [6, 6.07) is -0.617. The van der Waals surface area contributed by atoms with Crippen molar-refractivity contribution in [2.45, 2.75) is 315 Å². The number of unbranched alkanes of at least 4 members (excludes halogenated alkanes) is 42. The topological polar surface area (TPSA) is 69.6 Å². The molecule has 0 aliphatic carbocycles. The van der Waals surface area contributed by atoms with Gasteiger partial charge in [-0.25, -0.2) is 0 Å². The molecule has 0 heterocycles. The highest BCUT2D eigenvalue weighted by molar-refractivity contribution is 5.76. The van der Waals surface area contributed by atoms with Gasteiger partial charge in [-0.2, -0.15) is 0 Å². The van der Waals surface area contributed by atoms with Gasteiger partial charge in [0.25, 0.3) is 0 Å². The van der Waals surface area contributed by atoms with Gasteiger partial charge in [-0.3, -0.25) is 4.79 Å². The Labute approximate surface area is 358 Å². The minimum atomic E-state index is -0.835. The lowest BCUT2D eigenvalue weighted by Crippen LogP contribution is -2.45. The number of allylic oxidation sites excluding steroid dienone is 1. The lowest BCUT2D eigenvalue weighted by molar-refractivity contribution is -0.123. The number of carbonyl (C=O) groups excluding carboxylic acids is 1. The maximum atomic E-state index is 12.4. The summed E-state index contributed by atoms with van der Waals surface area (Å²) in [4.78, 5) is 12.4. The van der Waals surface area contributed by atoms with E-state index in [2.05, 4.69) is 19.2 Å². The van der Waals surface area contributed by atoms with Crippen LogP contribution in [0.2, 0.25) is 0 Å². The summed E-state index contributed by atoms with van der Waals surface area (Å²) < 4.78 is 0. The van der Waals surface area contributed by atoms with Crippen LogP contribution >= 0.6 is 0 Å². The molecular weight excluding hydrogens is 699 g/mol. The van der Waals surface area contributed by atoms with Crippen LogP contribution in [-0.2, 0) is 4.79 Å². The maximum Gasteiger partial charge on any atom is 0.220 e. The lowest BCUT2D eigenvalue weighted by Gasteiger charge is -2.20. The van der Waals surface area contributed by atoms with E-state index in [1.807, 2.05) is 6.08 Å². The lowest BCUT2D eigenvalue weighted by atomic mass is 10.0. The molecule has 0 bridgehead atoms. The first-order valence-electron chi connectivity index (χ1n) is 26.4. The Hall–Kier alpha value is -0.870. The third-order valence-corrected chi connectivity index (χ3v) is 12.5. The van der Waals surface area contributed by atoms with Gasteiger partial charge >= 0.3 is 0 Å². The average molecular weight is 804 g/mol. The van der Waals surface area contributed by atoms with Gasteiger partial charge in [-0.15, -0.1) is 0 Å². The van der Waals surface area contributed by atoms with Gasteiger partial charge in [0, 0.05) is 6.42 Å². The molecule has 0 aromatic rings. The molecular formula is C53H105NO3. The zero-order chi connectivity index (χ0) is 41.4. The second kappa shape index (κ2) is 49.5. The molecule has 0 aliphatic rings. The first-order valence-corrected chi connectivity index (χ1v) is 26.4. The van der Waals surface area contributed by atoms with Crippen LogP contribution in [0.25, 0.3) is 0 Å². The molecule has 4 heteroatoms. The van der Waals surface area contributed by atoms with Gasteiger partial charge in [0.15, 0.2) is 0 Å². The SMILES string of the molecule is CCCCCCCCCCCCCCCCCCCCC/C=C/C(O)C(CO)NC(=O)CCCCCCCCCCCCCCCCCCCCCCCCCC. The highest BCUT2D eigenvalue weighted by atomic mass is 16.3. The van der Waals surface area contributed by atoms with Gasteiger partial charge in [0.2, 0.25) is 5.91 Å². The summed E-state index contributed by atoms with van der Waals surface area (Å²) in [5.41, 5.74) is 0. The molecule has 2 unspecified atom stereocenters. The molecule has 0 radical (unpaired) electrons. The van der Waals surface area contributed by atoms with Crippen molar-refractivity contribution in [3.8, 4) is 0 Å². The predicted octanol–water partition coefficient (Wildman–Crippen LogP) is 17.0. The van der Waals surface area contributed by atoms with Crippen LogP contribution in [0.4, 0.5) is 0 Å². The van der Waals surface area contributed by atoms with Crippen LogP contribution in [0.1, 0.15) is 303 Å². The van der Waals surface area contributed by atoms with Crippen molar-refractivity contribution in [2.24, 2.45) is 0 Å². The van der Waals surface area contributed by atoms with Crippen LogP contribution in [0.3, 0.4) is 0 Å². The molecule has 0 fully saturated rings. The summed E-state index contributed by atoms with van der Waals surface area (Å²) in [6.45, 7) is 4.35. The molecule has 2 atom stereocenters. The second-order valence-corrected chi connectivity index (χ2v) is 18.3. The quantitative estimate of drug-likeness (QED) is 0.0424. The monoisotopic (exact) mass is 804 g/mol. The first-order chi connectivity index (χ1) is 28.2. The van der Waals surface area contributed by atoms with E-state index in [1.54, 1.807) is 6.08 Å². The number of carbonyl (C=O) groups is 1. The standard InChI is InChI=1S/C53H105NO3/c1-3-5-7-9-11-13-15-17-19-21-23-25-26-27-29-31-33-35-37-39-41-43-45-47-49-53(57)54-51(50-55)52(56)48-46-44-42-40-38-36-34-32-30-28-24-22-20-18-16-14-12-10-8-6-4-2/h46,48,51-52,55-56H,3-45,47,49-50H2,1-2H3,(H,54,57)/b48-46+. The van der Waals surface area contributed by atoms with Crippen molar-refractivity contribution >= 4 is 5.91 Å². The van der Waals surface area contributed by atoms with Crippen LogP contribution < -0.4 is 5.32 Å². The predicted molar refractivity (Wildman–Crippen MR) is 253 cm³/mol. The normalized spacial score (nSPS) is 12.8. The largest absolute Gasteiger partial charge is 0.394 e. The molecule has 0 saturated heterocycles. The van der Waals surface area contributed by atoms with Gasteiger partial charge in [0.1, 0.15) is 0 Å². The number of aliphatic hydroxyl groups excluding tert-OH is 2. The fraction of sp³-hybridized carbons (Fsp3) is 0.943. The van der Waals surface area contributed by atoms with E-state index >= 15 is 0 Å². The molecule has 4 nitrogen and oxygen atoms in total.